The molecule has 11 nitrogen and oxygen atoms in total. The number of amides is 1. The zero-order valence-corrected chi connectivity index (χ0v) is 20.0. The van der Waals surface area contributed by atoms with Crippen LogP contribution in [-0.4, -0.2) is 35.7 Å². The van der Waals surface area contributed by atoms with Gasteiger partial charge in [-0.3, -0.25) is 18.9 Å². The number of ether oxygens (including phenoxy) is 2. The van der Waals surface area contributed by atoms with Crippen LogP contribution in [0, 0.1) is 0 Å². The molecular weight excluding hydrogens is 498 g/mol. The van der Waals surface area contributed by atoms with E-state index in [2.05, 4.69) is 26.6 Å². The Balaban J connectivity index is 1.24. The molecule has 1 amide bonds. The quantitative estimate of drug-likeness (QED) is 0.408. The summed E-state index contributed by atoms with van der Waals surface area (Å²) in [5, 5.41) is 3.00. The molecular formula is C25H19N5O6S. The lowest BCUT2D eigenvalue weighted by molar-refractivity contribution is 0.0946. The number of carbonyl (C=O) groups excluding carboxylic acids is 1. The molecule has 0 spiro atoms. The van der Waals surface area contributed by atoms with Crippen molar-refractivity contribution in [1.82, 2.24) is 24.6 Å². The number of pyridine rings is 1. The van der Waals surface area contributed by atoms with Gasteiger partial charge in [-0.1, -0.05) is 24.8 Å². The zero-order valence-electron chi connectivity index (χ0n) is 19.2. The molecule has 6 rings (SSSR count). The van der Waals surface area contributed by atoms with Crippen LogP contribution >= 0.6 is 0 Å². The minimum absolute atomic E-state index is 0.0677. The largest absolute Gasteiger partial charge is 0.454 e. The van der Waals surface area contributed by atoms with Gasteiger partial charge >= 0.3 is 0 Å². The van der Waals surface area contributed by atoms with Crippen LogP contribution in [0.1, 0.15) is 27.2 Å². The van der Waals surface area contributed by atoms with Crippen molar-refractivity contribution >= 4 is 32.5 Å². The van der Waals surface area contributed by atoms with E-state index in [1.807, 2.05) is 6.07 Å². The van der Waals surface area contributed by atoms with Gasteiger partial charge in [0.1, 0.15) is 5.69 Å². The van der Waals surface area contributed by atoms with Crippen molar-refractivity contribution in [1.29, 1.82) is 0 Å². The smallest absolute Gasteiger partial charge is 0.270 e. The van der Waals surface area contributed by atoms with E-state index in [9.17, 15) is 18.0 Å². The molecule has 0 fully saturated rings. The van der Waals surface area contributed by atoms with Crippen LogP contribution in [0.4, 0.5) is 0 Å². The van der Waals surface area contributed by atoms with Crippen molar-refractivity contribution in [3.63, 3.8) is 0 Å². The van der Waals surface area contributed by atoms with Gasteiger partial charge in [-0.2, -0.15) is 0 Å². The molecule has 0 bridgehead atoms. The van der Waals surface area contributed by atoms with E-state index in [0.717, 1.165) is 5.56 Å². The Labute approximate surface area is 210 Å². The summed E-state index contributed by atoms with van der Waals surface area (Å²) in [5.74, 6) is 0.814. The highest BCUT2D eigenvalue weighted by molar-refractivity contribution is 7.90. The molecule has 2 N–H and O–H groups in total. The third-order valence-electron chi connectivity index (χ3n) is 6.10. The highest BCUT2D eigenvalue weighted by atomic mass is 32.2. The van der Waals surface area contributed by atoms with Crippen molar-refractivity contribution in [2.45, 2.75) is 18.0 Å². The number of sulfonamides is 1. The minimum Gasteiger partial charge on any atom is -0.454 e. The summed E-state index contributed by atoms with van der Waals surface area (Å²) in [7, 11) is -3.68. The fourth-order valence-electron chi connectivity index (χ4n) is 4.23. The highest BCUT2D eigenvalue weighted by Crippen LogP contribution is 2.32. The molecule has 2 aromatic heterocycles. The zero-order chi connectivity index (χ0) is 25.7. The molecule has 0 saturated carbocycles. The van der Waals surface area contributed by atoms with Gasteiger partial charge in [0.15, 0.2) is 11.5 Å². The molecule has 37 heavy (non-hydrogen) atoms. The van der Waals surface area contributed by atoms with E-state index in [1.165, 1.54) is 29.2 Å². The number of benzene rings is 2. The second kappa shape index (κ2) is 8.45. The first-order chi connectivity index (χ1) is 17.8. The third kappa shape index (κ3) is 4.06. The number of nitrogens with one attached hydrogen (secondary N) is 2. The first kappa shape index (κ1) is 22.7. The van der Waals surface area contributed by atoms with Crippen LogP contribution in [0.5, 0.6) is 11.5 Å². The number of fused-ring (bicyclic) bond motifs is 3. The number of hydrogen-bond donors (Lipinski definition) is 2. The summed E-state index contributed by atoms with van der Waals surface area (Å²) in [4.78, 5) is 34.5. The lowest BCUT2D eigenvalue weighted by Gasteiger charge is -2.09. The van der Waals surface area contributed by atoms with Gasteiger partial charge in [0, 0.05) is 12.1 Å². The standard InChI is InChI=1S/C25H19N5O6S/c1-14-17-4-2-16(7-23(17)37(33,34)29-14)11-30-12-28-20-10-26-19(8-18(20)25(30)32)24(31)27-9-15-3-5-21-22(6-15)36-13-35-21/h2-8,10,12,29H,1,9,11,13H2,(H,27,31). The van der Waals surface area contributed by atoms with Crippen LogP contribution in [-0.2, 0) is 23.1 Å². The second-order valence-electron chi connectivity index (χ2n) is 8.55. The van der Waals surface area contributed by atoms with Gasteiger partial charge in [-0.25, -0.2) is 18.4 Å². The predicted octanol–water partition coefficient (Wildman–Crippen LogP) is 1.76. The summed E-state index contributed by atoms with van der Waals surface area (Å²) in [5.41, 5.74) is 2.24. The van der Waals surface area contributed by atoms with Gasteiger partial charge in [-0.15, -0.1) is 0 Å². The molecule has 4 aromatic rings. The summed E-state index contributed by atoms with van der Waals surface area (Å²) in [6.45, 7) is 4.20. The number of nitrogens with zero attached hydrogens (tertiary/aromatic N) is 3. The molecule has 0 unspecified atom stereocenters. The normalized spacial score (nSPS) is 14.9. The first-order valence-electron chi connectivity index (χ1n) is 11.2. The van der Waals surface area contributed by atoms with Gasteiger partial charge in [0.2, 0.25) is 6.79 Å². The van der Waals surface area contributed by atoms with Gasteiger partial charge < -0.3 is 14.8 Å². The average Bonchev–Trinajstić information content (AvgIpc) is 3.45. The SMILES string of the molecule is C=C1NS(=O)(=O)c2cc(Cn3cnc4cnc(C(=O)NCc5ccc6c(c5)OCO6)cc4c3=O)ccc21. The van der Waals surface area contributed by atoms with Crippen molar-refractivity contribution in [2.24, 2.45) is 0 Å². The molecule has 2 aliphatic heterocycles. The Morgan fingerprint density at radius 2 is 1.89 bits per heavy atom. The summed E-state index contributed by atoms with van der Waals surface area (Å²) in [6.07, 6.45) is 2.74. The molecule has 186 valence electrons. The van der Waals surface area contributed by atoms with Crippen molar-refractivity contribution in [3.05, 3.63) is 94.3 Å². The van der Waals surface area contributed by atoms with E-state index in [-0.39, 0.29) is 41.4 Å². The summed E-state index contributed by atoms with van der Waals surface area (Å²) >= 11 is 0. The Morgan fingerprint density at radius 1 is 1.08 bits per heavy atom. The Kier molecular flexibility index (Phi) is 5.19. The lowest BCUT2D eigenvalue weighted by atomic mass is 10.1. The number of aromatic nitrogens is 3. The Bertz CT molecular complexity index is 1800. The number of carbonyl (C=O) groups is 1. The van der Waals surface area contributed by atoms with E-state index in [1.54, 1.807) is 24.3 Å². The van der Waals surface area contributed by atoms with E-state index in [4.69, 9.17) is 9.47 Å². The van der Waals surface area contributed by atoms with Gasteiger partial charge in [-0.05, 0) is 35.4 Å². The van der Waals surface area contributed by atoms with E-state index >= 15 is 0 Å². The van der Waals surface area contributed by atoms with Crippen molar-refractivity contribution < 1.29 is 22.7 Å². The first-order valence-corrected chi connectivity index (χ1v) is 12.6. The molecule has 2 aliphatic rings. The average molecular weight is 518 g/mol. The molecule has 0 saturated heterocycles. The molecule has 12 heteroatoms. The Hall–Kier alpha value is -4.71. The van der Waals surface area contributed by atoms with Crippen molar-refractivity contribution in [2.75, 3.05) is 6.79 Å². The second-order valence-corrected chi connectivity index (χ2v) is 10.2. The summed E-state index contributed by atoms with van der Waals surface area (Å²) < 4.78 is 39.0. The maximum atomic E-state index is 13.2. The topological polar surface area (TPSA) is 142 Å². The van der Waals surface area contributed by atoms with Crippen molar-refractivity contribution in [3.8, 4) is 11.5 Å². The number of hydrogen-bond acceptors (Lipinski definition) is 8. The monoisotopic (exact) mass is 517 g/mol. The van der Waals surface area contributed by atoms with Gasteiger partial charge in [0.05, 0.1) is 40.6 Å². The molecule has 0 aliphatic carbocycles. The fraction of sp³-hybridized carbons (Fsp3) is 0.120. The molecule has 4 heterocycles. The maximum absolute atomic E-state index is 13.2. The van der Waals surface area contributed by atoms with Crippen LogP contribution in [0.15, 0.2) is 71.3 Å². The summed E-state index contributed by atoms with van der Waals surface area (Å²) in [6, 6.07) is 11.7. The van der Waals surface area contributed by atoms with Crippen LogP contribution in [0.2, 0.25) is 0 Å². The molecule has 0 radical (unpaired) electrons. The maximum Gasteiger partial charge on any atom is 0.270 e. The lowest BCUT2D eigenvalue weighted by Crippen LogP contribution is -2.25. The van der Waals surface area contributed by atoms with Crippen LogP contribution in [0.3, 0.4) is 0 Å². The highest BCUT2D eigenvalue weighted by Gasteiger charge is 2.28. The Morgan fingerprint density at radius 3 is 2.76 bits per heavy atom. The van der Waals surface area contributed by atoms with E-state index < -0.39 is 15.9 Å². The minimum atomic E-state index is -3.68. The molecule has 2 aromatic carbocycles. The van der Waals surface area contributed by atoms with Gasteiger partial charge in [0.25, 0.3) is 21.5 Å². The van der Waals surface area contributed by atoms with Crippen LogP contribution in [0.25, 0.3) is 16.6 Å². The third-order valence-corrected chi connectivity index (χ3v) is 7.54. The number of rotatable bonds is 5. The predicted molar refractivity (Wildman–Crippen MR) is 132 cm³/mol. The van der Waals surface area contributed by atoms with E-state index in [0.29, 0.717) is 33.8 Å². The molecule has 0 atom stereocenters. The van der Waals surface area contributed by atoms with Crippen LogP contribution < -0.4 is 25.1 Å². The fourth-order valence-corrected chi connectivity index (χ4v) is 5.56.